The smallest absolute Gasteiger partial charge is 0.809 e. The molecule has 0 aromatic heterocycles. The van der Waals surface area contributed by atoms with E-state index in [2.05, 4.69) is 9.05 Å². The molecule has 192 valence electrons. The predicted octanol–water partition coefficient (Wildman–Crippen LogP) is 0.274. The summed E-state index contributed by atoms with van der Waals surface area (Å²) in [4.78, 5) is 59.4. The molecule has 0 spiro atoms. The van der Waals surface area contributed by atoms with Gasteiger partial charge in [0.2, 0.25) is 15.2 Å². The van der Waals surface area contributed by atoms with Gasteiger partial charge in [0.15, 0.2) is 0 Å². The normalized spacial score (nSPS) is 15.8. The van der Waals surface area contributed by atoms with Gasteiger partial charge in [0.05, 0.1) is 10.0 Å². The molecule has 2 rings (SSSR count). The van der Waals surface area contributed by atoms with Crippen LogP contribution in [0.5, 0.6) is 11.5 Å². The van der Waals surface area contributed by atoms with Gasteiger partial charge in [-0.25, -0.2) is 0 Å². The zero-order chi connectivity index (χ0) is 26.5. The van der Waals surface area contributed by atoms with Crippen LogP contribution < -0.4 is 38.4 Å². The second kappa shape index (κ2) is 18.0. The number of benzene rings is 2. The fraction of sp³-hybridized carbons (Fsp3) is 0.143. The number of hydrogen-bond donors (Lipinski definition) is 0. The van der Waals surface area contributed by atoms with Gasteiger partial charge in [-0.2, -0.15) is 0 Å². The van der Waals surface area contributed by atoms with E-state index in [-0.39, 0.29) is 90.7 Å². The first kappa shape index (κ1) is 43.6. The molecule has 0 radical (unpaired) electrons. The van der Waals surface area contributed by atoms with E-state index in [1.54, 1.807) is 0 Å². The quantitative estimate of drug-likeness (QED) is 0.205. The van der Waals surface area contributed by atoms with E-state index in [1.807, 2.05) is 0 Å². The topological polar surface area (TPSA) is 225 Å². The molecule has 0 saturated heterocycles. The van der Waals surface area contributed by atoms with Crippen LogP contribution in [0.2, 0.25) is 10.0 Å². The number of hydrogen-bond acceptors (Lipinski definition) is 12. The van der Waals surface area contributed by atoms with Gasteiger partial charge in [0, 0.05) is 0 Å². The maximum absolute atomic E-state index is 11.3. The Labute approximate surface area is 279 Å². The molecule has 23 heteroatoms. The van der Waals surface area contributed by atoms with E-state index >= 15 is 0 Å². The summed E-state index contributed by atoms with van der Waals surface area (Å²) in [5, 5.41) is -0.113. The molecular formula is C14H10Cl4Mg3O12P4. The van der Waals surface area contributed by atoms with Crippen LogP contribution >= 0.6 is 76.8 Å². The largest absolute Gasteiger partial charge is 2.00 e. The van der Waals surface area contributed by atoms with Crippen molar-refractivity contribution in [3.8, 4) is 11.5 Å². The van der Waals surface area contributed by atoms with Crippen molar-refractivity contribution < 1.29 is 56.7 Å². The Hall–Kier alpha value is 2.18. The maximum atomic E-state index is 11.3. The van der Waals surface area contributed by atoms with Crippen molar-refractivity contribution >= 4 is 146 Å². The molecule has 0 aliphatic carbocycles. The molecule has 37 heavy (non-hydrogen) atoms. The zero-order valence-electron chi connectivity index (χ0n) is 18.1. The third kappa shape index (κ3) is 14.8. The summed E-state index contributed by atoms with van der Waals surface area (Å²) in [5.74, 6) is -0.599. The number of halogens is 4. The molecule has 0 fully saturated rings. The number of para-hydroxylation sites is 2. The second-order valence-corrected chi connectivity index (χ2v) is 16.3. The first-order valence-corrected chi connectivity index (χ1v) is 16.2. The summed E-state index contributed by atoms with van der Waals surface area (Å²) in [5.41, 5.74) is 0. The standard InChI is InChI=1S/2C7H8Cl2O6P2.3Mg/c2*8-5-3-1-2-4-6(5)15-17(13,14)7(9)16(10,11)12;;;/h2*1-4,7H,(H,13,14)(H2,10,11,12);;;/q;;3*+2/p-6. The Morgan fingerprint density at radius 2 is 0.811 bits per heavy atom. The van der Waals surface area contributed by atoms with Crippen molar-refractivity contribution in [2.75, 3.05) is 0 Å². The summed E-state index contributed by atoms with van der Waals surface area (Å²) >= 11 is 21.2. The van der Waals surface area contributed by atoms with Crippen molar-refractivity contribution in [3.63, 3.8) is 0 Å². The number of alkyl halides is 2. The SMILES string of the molecule is O=P([O-])([O-])C(Cl)P(=O)([O-])Oc1ccccc1Cl.O=P([O-])([O-])C(Cl)P(=O)([O-])Oc1ccccc1Cl.[Mg+2].[Mg+2].[Mg+2]. The second-order valence-electron chi connectivity index (χ2n) is 5.82. The Morgan fingerprint density at radius 3 is 1.03 bits per heavy atom. The van der Waals surface area contributed by atoms with Gasteiger partial charge in [-0.3, -0.25) is 9.13 Å². The zero-order valence-corrected chi connectivity index (χ0v) is 28.9. The molecule has 0 heterocycles. The third-order valence-corrected chi connectivity index (χ3v) is 13.0. The van der Waals surface area contributed by atoms with Crippen molar-refractivity contribution in [3.05, 3.63) is 58.6 Å². The molecule has 0 bridgehead atoms. The van der Waals surface area contributed by atoms with E-state index in [0.29, 0.717) is 0 Å². The molecule has 0 N–H and O–H groups in total. The molecule has 0 amide bonds. The molecule has 4 atom stereocenters. The first-order chi connectivity index (χ1) is 15.3. The van der Waals surface area contributed by atoms with Crippen molar-refractivity contribution in [2.45, 2.75) is 9.72 Å². The molecular weight excluding hydrogens is 699 g/mol. The van der Waals surface area contributed by atoms with E-state index < -0.39 is 40.1 Å². The minimum absolute atomic E-state index is 0. The van der Waals surface area contributed by atoms with Crippen LogP contribution in [0.15, 0.2) is 48.5 Å². The van der Waals surface area contributed by atoms with Gasteiger partial charge in [-0.15, -0.1) is 23.2 Å². The van der Waals surface area contributed by atoms with Crippen LogP contribution in [0.1, 0.15) is 0 Å². The molecule has 2 aromatic carbocycles. The Kier molecular flexibility index (Phi) is 21.2. The first-order valence-electron chi connectivity index (χ1n) is 8.10. The fourth-order valence-corrected chi connectivity index (χ4v) is 6.54. The molecule has 2 aromatic rings. The molecule has 0 aliphatic heterocycles. The van der Waals surface area contributed by atoms with Gasteiger partial charge >= 0.3 is 69.2 Å². The summed E-state index contributed by atoms with van der Waals surface area (Å²) in [6.45, 7) is 0. The Balaban J connectivity index is -0.000000578. The molecule has 12 nitrogen and oxygen atoms in total. The maximum Gasteiger partial charge on any atom is 2.00 e. The van der Waals surface area contributed by atoms with Crippen molar-refractivity contribution in [2.24, 2.45) is 0 Å². The van der Waals surface area contributed by atoms with E-state index in [9.17, 15) is 47.6 Å². The van der Waals surface area contributed by atoms with Crippen molar-refractivity contribution in [1.29, 1.82) is 0 Å². The van der Waals surface area contributed by atoms with Gasteiger partial charge < -0.3 is 47.5 Å². The Morgan fingerprint density at radius 1 is 0.568 bits per heavy atom. The van der Waals surface area contributed by atoms with Crippen LogP contribution in [0, 0.1) is 0 Å². The minimum Gasteiger partial charge on any atom is -0.809 e. The average Bonchev–Trinajstić information content (AvgIpc) is 2.69. The summed E-state index contributed by atoms with van der Waals surface area (Å²) in [7, 11) is -21.2. The monoisotopic (exact) mass is 706 g/mol. The van der Waals surface area contributed by atoms with Crippen LogP contribution in [-0.4, -0.2) is 78.9 Å². The van der Waals surface area contributed by atoms with Gasteiger partial charge in [-0.1, -0.05) is 47.5 Å². The van der Waals surface area contributed by atoms with Gasteiger partial charge in [-0.05, 0) is 39.5 Å². The average molecular weight is 709 g/mol. The fourth-order valence-electron chi connectivity index (χ4n) is 1.75. The molecule has 0 saturated carbocycles. The minimum atomic E-state index is -5.51. The molecule has 0 aliphatic rings. The Bertz CT molecular complexity index is 1110. The van der Waals surface area contributed by atoms with E-state index in [0.717, 1.165) is 0 Å². The van der Waals surface area contributed by atoms with Crippen LogP contribution in [0.3, 0.4) is 0 Å². The summed E-state index contributed by atoms with van der Waals surface area (Å²) < 4.78 is 52.5. The predicted molar refractivity (Wildman–Crippen MR) is 131 cm³/mol. The van der Waals surface area contributed by atoms with Crippen molar-refractivity contribution in [1.82, 2.24) is 0 Å². The van der Waals surface area contributed by atoms with Gasteiger partial charge in [0.1, 0.15) is 21.2 Å². The van der Waals surface area contributed by atoms with E-state index in [1.165, 1.54) is 48.5 Å². The number of rotatable bonds is 8. The van der Waals surface area contributed by atoms with E-state index in [4.69, 9.17) is 46.4 Å². The summed E-state index contributed by atoms with van der Waals surface area (Å²) in [6.07, 6.45) is 0. The van der Waals surface area contributed by atoms with Crippen LogP contribution in [0.4, 0.5) is 0 Å². The van der Waals surface area contributed by atoms with Crippen LogP contribution in [0.25, 0.3) is 0 Å². The van der Waals surface area contributed by atoms with Crippen LogP contribution in [-0.2, 0) is 18.3 Å². The third-order valence-electron chi connectivity index (χ3n) is 3.17. The molecule has 4 unspecified atom stereocenters. The van der Waals surface area contributed by atoms with Gasteiger partial charge in [0.25, 0.3) is 0 Å². The summed E-state index contributed by atoms with van der Waals surface area (Å²) in [6, 6.07) is 10.9.